The molecule has 144 valence electrons. The van der Waals surface area contributed by atoms with Gasteiger partial charge in [0.2, 0.25) is 5.91 Å². The van der Waals surface area contributed by atoms with Gasteiger partial charge in [0.15, 0.2) is 0 Å². The van der Waals surface area contributed by atoms with Crippen molar-refractivity contribution in [2.24, 2.45) is 0 Å². The van der Waals surface area contributed by atoms with Crippen molar-refractivity contribution < 1.29 is 9.53 Å². The number of benzene rings is 2. The Morgan fingerprint density at radius 3 is 2.52 bits per heavy atom. The Morgan fingerprint density at radius 1 is 1.15 bits per heavy atom. The molecule has 2 aromatic carbocycles. The van der Waals surface area contributed by atoms with Crippen LogP contribution in [0.4, 0.5) is 5.69 Å². The molecule has 1 aliphatic rings. The Labute approximate surface area is 163 Å². The van der Waals surface area contributed by atoms with E-state index < -0.39 is 5.41 Å². The molecule has 0 bridgehead atoms. The number of ether oxygens (including phenoxy) is 1. The van der Waals surface area contributed by atoms with Crippen LogP contribution in [-0.2, 0) is 10.2 Å². The summed E-state index contributed by atoms with van der Waals surface area (Å²) in [5, 5.41) is 3.18. The summed E-state index contributed by atoms with van der Waals surface area (Å²) < 4.78 is 5.94. The fourth-order valence-corrected chi connectivity index (χ4v) is 3.98. The summed E-state index contributed by atoms with van der Waals surface area (Å²) in [6, 6.07) is 14.3. The van der Waals surface area contributed by atoms with E-state index in [1.165, 1.54) is 5.56 Å². The lowest BCUT2D eigenvalue weighted by molar-refractivity contribution is -0.121. The molecule has 0 saturated heterocycles. The molecule has 1 saturated carbocycles. The highest BCUT2D eigenvalue weighted by Gasteiger charge is 2.42. The number of hydrogen-bond donors (Lipinski definition) is 1. The number of aryl methyl sites for hydroxylation is 2. The van der Waals surface area contributed by atoms with Gasteiger partial charge in [-0.25, -0.2) is 0 Å². The first-order chi connectivity index (χ1) is 12.9. The van der Waals surface area contributed by atoms with Crippen LogP contribution in [-0.4, -0.2) is 12.0 Å². The van der Waals surface area contributed by atoms with Gasteiger partial charge in [-0.3, -0.25) is 4.79 Å². The molecule has 1 atom stereocenters. The van der Waals surface area contributed by atoms with Crippen LogP contribution in [0.2, 0.25) is 0 Å². The highest BCUT2D eigenvalue weighted by molar-refractivity contribution is 5.99. The lowest BCUT2D eigenvalue weighted by atomic mass is 9.77. The fourth-order valence-electron chi connectivity index (χ4n) is 3.98. The van der Waals surface area contributed by atoms with Crippen LogP contribution >= 0.6 is 0 Å². The second-order valence-electron chi connectivity index (χ2n) is 7.93. The number of hydrogen-bond acceptors (Lipinski definition) is 2. The van der Waals surface area contributed by atoms with E-state index >= 15 is 0 Å². The Hall–Kier alpha value is -2.29. The zero-order valence-electron chi connectivity index (χ0n) is 17.0. The maximum Gasteiger partial charge on any atom is 0.235 e. The minimum atomic E-state index is -0.411. The summed E-state index contributed by atoms with van der Waals surface area (Å²) >= 11 is 0. The fraction of sp³-hybridized carbons (Fsp3) is 0.458. The number of carbonyl (C=O) groups excluding carboxylic acids is 1. The molecule has 3 rings (SSSR count). The minimum absolute atomic E-state index is 0.112. The molecule has 0 heterocycles. The van der Waals surface area contributed by atoms with Crippen molar-refractivity contribution in [2.75, 3.05) is 5.32 Å². The van der Waals surface area contributed by atoms with Gasteiger partial charge < -0.3 is 10.1 Å². The monoisotopic (exact) mass is 365 g/mol. The van der Waals surface area contributed by atoms with Crippen molar-refractivity contribution in [1.82, 2.24) is 0 Å². The van der Waals surface area contributed by atoms with Crippen molar-refractivity contribution in [3.63, 3.8) is 0 Å². The van der Waals surface area contributed by atoms with Gasteiger partial charge in [0, 0.05) is 5.69 Å². The summed E-state index contributed by atoms with van der Waals surface area (Å²) in [4.78, 5) is 13.3. The third-order valence-corrected chi connectivity index (χ3v) is 5.80. The van der Waals surface area contributed by atoms with E-state index in [-0.39, 0.29) is 12.0 Å². The highest BCUT2D eigenvalue weighted by atomic mass is 16.5. The molecule has 27 heavy (non-hydrogen) atoms. The number of rotatable bonds is 6. The Morgan fingerprint density at radius 2 is 1.89 bits per heavy atom. The topological polar surface area (TPSA) is 38.3 Å². The van der Waals surface area contributed by atoms with Gasteiger partial charge in [0.05, 0.1) is 11.5 Å². The molecule has 1 unspecified atom stereocenters. The van der Waals surface area contributed by atoms with Crippen LogP contribution in [0.5, 0.6) is 5.75 Å². The van der Waals surface area contributed by atoms with E-state index in [9.17, 15) is 4.79 Å². The van der Waals surface area contributed by atoms with Crippen LogP contribution in [0.15, 0.2) is 42.5 Å². The number of carbonyl (C=O) groups is 1. The molecular weight excluding hydrogens is 334 g/mol. The first-order valence-corrected chi connectivity index (χ1v) is 10.1. The van der Waals surface area contributed by atoms with E-state index in [2.05, 4.69) is 50.4 Å². The summed E-state index contributed by atoms with van der Waals surface area (Å²) in [5.41, 5.74) is 3.82. The van der Waals surface area contributed by atoms with Crippen LogP contribution < -0.4 is 10.1 Å². The van der Waals surface area contributed by atoms with Gasteiger partial charge in [-0.1, -0.05) is 49.6 Å². The Balaban J connectivity index is 1.82. The predicted molar refractivity (Wildman–Crippen MR) is 112 cm³/mol. The van der Waals surface area contributed by atoms with Crippen molar-refractivity contribution in [2.45, 2.75) is 71.3 Å². The molecular formula is C24H31NO2. The van der Waals surface area contributed by atoms with Gasteiger partial charge in [-0.15, -0.1) is 0 Å². The van der Waals surface area contributed by atoms with Crippen molar-refractivity contribution in [3.8, 4) is 5.75 Å². The van der Waals surface area contributed by atoms with Gasteiger partial charge in [0.1, 0.15) is 5.75 Å². The minimum Gasteiger partial charge on any atom is -0.490 e. The molecule has 2 aromatic rings. The number of anilines is 1. The van der Waals surface area contributed by atoms with E-state index in [1.807, 2.05) is 25.1 Å². The van der Waals surface area contributed by atoms with Crippen LogP contribution in [0.25, 0.3) is 0 Å². The lowest BCUT2D eigenvalue weighted by Gasteiger charge is -2.29. The van der Waals surface area contributed by atoms with Gasteiger partial charge >= 0.3 is 0 Å². The van der Waals surface area contributed by atoms with Crippen molar-refractivity contribution in [1.29, 1.82) is 0 Å². The van der Waals surface area contributed by atoms with Gasteiger partial charge in [-0.2, -0.15) is 0 Å². The summed E-state index contributed by atoms with van der Waals surface area (Å²) in [6.07, 6.45) is 5.18. The summed E-state index contributed by atoms with van der Waals surface area (Å²) in [5.74, 6) is 0.997. The average Bonchev–Trinajstić information content (AvgIpc) is 3.15. The standard InChI is InChI=1S/C24H31NO2/c1-5-19(4)27-22-12-11-21(16-18(22)3)25-23(26)24(13-6-7-14-24)20-10-8-9-17(2)15-20/h8-12,15-16,19H,5-7,13-14H2,1-4H3,(H,25,26). The molecule has 1 N–H and O–H groups in total. The molecule has 0 aliphatic heterocycles. The molecule has 0 radical (unpaired) electrons. The molecule has 1 fully saturated rings. The Kier molecular flexibility index (Phi) is 5.88. The third kappa shape index (κ3) is 4.18. The van der Waals surface area contributed by atoms with Gasteiger partial charge in [0.25, 0.3) is 0 Å². The van der Waals surface area contributed by atoms with Crippen LogP contribution in [0.1, 0.15) is 62.6 Å². The zero-order chi connectivity index (χ0) is 19.4. The largest absolute Gasteiger partial charge is 0.490 e. The molecule has 1 amide bonds. The number of amides is 1. The highest BCUT2D eigenvalue weighted by Crippen LogP contribution is 2.42. The summed E-state index contributed by atoms with van der Waals surface area (Å²) in [7, 11) is 0. The quantitative estimate of drug-likeness (QED) is 0.689. The number of nitrogens with one attached hydrogen (secondary N) is 1. The molecule has 3 heteroatoms. The van der Waals surface area contributed by atoms with E-state index in [0.29, 0.717) is 0 Å². The van der Waals surface area contributed by atoms with Gasteiger partial charge in [-0.05, 0) is 69.4 Å². The molecule has 0 spiro atoms. The summed E-state index contributed by atoms with van der Waals surface area (Å²) in [6.45, 7) is 8.30. The lowest BCUT2D eigenvalue weighted by Crippen LogP contribution is -2.38. The second kappa shape index (κ2) is 8.16. The van der Waals surface area contributed by atoms with Crippen molar-refractivity contribution >= 4 is 11.6 Å². The normalized spacial score (nSPS) is 16.7. The van der Waals surface area contributed by atoms with Crippen LogP contribution in [0, 0.1) is 13.8 Å². The Bertz CT molecular complexity index is 806. The smallest absolute Gasteiger partial charge is 0.235 e. The van der Waals surface area contributed by atoms with Crippen molar-refractivity contribution in [3.05, 3.63) is 59.2 Å². The first kappa shape index (κ1) is 19.5. The van der Waals surface area contributed by atoms with E-state index in [0.717, 1.165) is 54.7 Å². The molecule has 0 aromatic heterocycles. The maximum absolute atomic E-state index is 13.3. The third-order valence-electron chi connectivity index (χ3n) is 5.80. The molecule has 1 aliphatic carbocycles. The van der Waals surface area contributed by atoms with E-state index in [4.69, 9.17) is 4.74 Å². The molecule has 3 nitrogen and oxygen atoms in total. The zero-order valence-corrected chi connectivity index (χ0v) is 17.0. The first-order valence-electron chi connectivity index (χ1n) is 10.1. The average molecular weight is 366 g/mol. The predicted octanol–water partition coefficient (Wildman–Crippen LogP) is 5.93. The van der Waals surface area contributed by atoms with E-state index in [1.54, 1.807) is 0 Å². The van der Waals surface area contributed by atoms with Crippen LogP contribution in [0.3, 0.4) is 0 Å². The second-order valence-corrected chi connectivity index (χ2v) is 7.93. The maximum atomic E-state index is 13.3. The SMILES string of the molecule is CCC(C)Oc1ccc(NC(=O)C2(c3cccc(C)c3)CCCC2)cc1C.